The number of pyridine rings is 1. The summed E-state index contributed by atoms with van der Waals surface area (Å²) in [4.78, 5) is 28.5. The summed E-state index contributed by atoms with van der Waals surface area (Å²) in [6.45, 7) is 4.13. The first-order valence-corrected chi connectivity index (χ1v) is 10.9. The Labute approximate surface area is 176 Å². The predicted octanol–water partition coefficient (Wildman–Crippen LogP) is 5.69. The molecule has 29 heavy (non-hydrogen) atoms. The smallest absolute Gasteiger partial charge is 0.349 e. The number of benzene rings is 2. The molecule has 0 N–H and O–H groups in total. The van der Waals surface area contributed by atoms with Crippen LogP contribution in [0.4, 0.5) is 0 Å². The summed E-state index contributed by atoms with van der Waals surface area (Å²) in [5.74, 6) is -0.365. The Morgan fingerprint density at radius 3 is 2.59 bits per heavy atom. The standard InChI is InChI=1S/C23H19NO3S2/c1-3-27-23(26)21-20(28-17-11-7-8-15(2)14-17)18-12-13-19(25)24(22(18)29-21)16-9-5-4-6-10-16/h4-14H,3H2,1-2H3. The fourth-order valence-electron chi connectivity index (χ4n) is 3.11. The van der Waals surface area contributed by atoms with Gasteiger partial charge in [-0.2, -0.15) is 0 Å². The van der Waals surface area contributed by atoms with Crippen LogP contribution >= 0.6 is 23.1 Å². The zero-order chi connectivity index (χ0) is 20.4. The maximum atomic E-state index is 12.7. The molecule has 2 heterocycles. The number of rotatable bonds is 5. The highest BCUT2D eigenvalue weighted by atomic mass is 32.2. The van der Waals surface area contributed by atoms with Gasteiger partial charge in [-0.3, -0.25) is 9.36 Å². The van der Waals surface area contributed by atoms with Crippen LogP contribution in [0.1, 0.15) is 22.2 Å². The predicted molar refractivity (Wildman–Crippen MR) is 119 cm³/mol. The molecule has 0 spiro atoms. The van der Waals surface area contributed by atoms with Crippen LogP contribution in [0.5, 0.6) is 0 Å². The Kier molecular flexibility index (Phi) is 5.56. The molecule has 0 fully saturated rings. The van der Waals surface area contributed by atoms with E-state index in [1.807, 2.05) is 55.5 Å². The van der Waals surface area contributed by atoms with Gasteiger partial charge < -0.3 is 4.74 Å². The Hall–Kier alpha value is -2.83. The first-order valence-electron chi connectivity index (χ1n) is 9.24. The fourth-order valence-corrected chi connectivity index (χ4v) is 5.61. The lowest BCUT2D eigenvalue weighted by molar-refractivity contribution is 0.0528. The molecule has 6 heteroatoms. The molecule has 0 radical (unpaired) electrons. The van der Waals surface area contributed by atoms with Crippen LogP contribution < -0.4 is 5.56 Å². The first kappa shape index (κ1) is 19.5. The molecule has 2 aromatic heterocycles. The molecule has 0 aliphatic heterocycles. The molecule has 0 aliphatic rings. The Balaban J connectivity index is 1.96. The number of fused-ring (bicyclic) bond motifs is 1. The van der Waals surface area contributed by atoms with Gasteiger partial charge >= 0.3 is 5.97 Å². The van der Waals surface area contributed by atoms with Gasteiger partial charge in [-0.1, -0.05) is 47.7 Å². The first-order chi connectivity index (χ1) is 14.1. The average Bonchev–Trinajstić information content (AvgIpc) is 3.07. The molecule has 146 valence electrons. The summed E-state index contributed by atoms with van der Waals surface area (Å²) in [6, 6.07) is 20.9. The van der Waals surface area contributed by atoms with Gasteiger partial charge in [0, 0.05) is 21.2 Å². The number of carbonyl (C=O) groups is 1. The van der Waals surface area contributed by atoms with E-state index in [4.69, 9.17) is 4.74 Å². The molecule has 0 atom stereocenters. The Morgan fingerprint density at radius 2 is 1.86 bits per heavy atom. The number of hydrogen-bond donors (Lipinski definition) is 0. The molecule has 0 amide bonds. The monoisotopic (exact) mass is 421 g/mol. The van der Waals surface area contributed by atoms with Crippen molar-refractivity contribution in [3.63, 3.8) is 0 Å². The van der Waals surface area contributed by atoms with E-state index in [0.29, 0.717) is 11.5 Å². The van der Waals surface area contributed by atoms with Crippen LogP contribution in [-0.4, -0.2) is 17.1 Å². The number of hydrogen-bond acceptors (Lipinski definition) is 5. The summed E-state index contributed by atoms with van der Waals surface area (Å²) in [5, 5.41) is 0.869. The van der Waals surface area contributed by atoms with Crippen LogP contribution in [-0.2, 0) is 4.74 Å². The normalized spacial score (nSPS) is 11.0. The second kappa shape index (κ2) is 8.27. The zero-order valence-electron chi connectivity index (χ0n) is 16.0. The van der Waals surface area contributed by atoms with E-state index in [1.165, 1.54) is 23.1 Å². The molecular weight excluding hydrogens is 402 g/mol. The van der Waals surface area contributed by atoms with Crippen LogP contribution in [0.15, 0.2) is 81.3 Å². The molecular formula is C23H19NO3S2. The molecule has 0 bridgehead atoms. The van der Waals surface area contributed by atoms with Gasteiger partial charge in [0.1, 0.15) is 9.71 Å². The van der Waals surface area contributed by atoms with E-state index >= 15 is 0 Å². The van der Waals surface area contributed by atoms with Crippen molar-refractivity contribution in [2.45, 2.75) is 23.6 Å². The van der Waals surface area contributed by atoms with Crippen molar-refractivity contribution in [1.29, 1.82) is 0 Å². The van der Waals surface area contributed by atoms with Crippen LogP contribution in [0.2, 0.25) is 0 Å². The van der Waals surface area contributed by atoms with Crippen molar-refractivity contribution in [3.8, 4) is 5.69 Å². The third-order valence-electron chi connectivity index (χ3n) is 4.38. The zero-order valence-corrected chi connectivity index (χ0v) is 17.7. The highest BCUT2D eigenvalue weighted by molar-refractivity contribution is 7.99. The van der Waals surface area contributed by atoms with E-state index in [2.05, 4.69) is 6.07 Å². The van der Waals surface area contributed by atoms with Crippen LogP contribution in [0.25, 0.3) is 15.9 Å². The van der Waals surface area contributed by atoms with Gasteiger partial charge in [-0.05, 0) is 44.2 Å². The number of carbonyl (C=O) groups excluding carboxylic acids is 1. The minimum Gasteiger partial charge on any atom is -0.462 e. The number of esters is 1. The molecule has 0 unspecified atom stereocenters. The minimum atomic E-state index is -0.365. The second-order valence-corrected chi connectivity index (χ2v) is 8.54. The van der Waals surface area contributed by atoms with Gasteiger partial charge in [-0.15, -0.1) is 11.3 Å². The average molecular weight is 422 g/mol. The number of para-hydroxylation sites is 1. The maximum absolute atomic E-state index is 12.7. The molecule has 0 saturated heterocycles. The lowest BCUT2D eigenvalue weighted by atomic mass is 10.2. The molecule has 4 aromatic rings. The number of aryl methyl sites for hydroxylation is 1. The molecule has 0 aliphatic carbocycles. The summed E-state index contributed by atoms with van der Waals surface area (Å²) < 4.78 is 6.96. The number of ether oxygens (including phenoxy) is 1. The van der Waals surface area contributed by atoms with Crippen molar-refractivity contribution < 1.29 is 9.53 Å². The van der Waals surface area contributed by atoms with E-state index in [0.717, 1.165) is 31.3 Å². The lowest BCUT2D eigenvalue weighted by Crippen LogP contribution is -2.16. The van der Waals surface area contributed by atoms with Crippen molar-refractivity contribution in [2.24, 2.45) is 0 Å². The third kappa shape index (κ3) is 3.86. The molecule has 4 rings (SSSR count). The highest BCUT2D eigenvalue weighted by Gasteiger charge is 2.23. The Bertz CT molecular complexity index is 1240. The summed E-state index contributed by atoms with van der Waals surface area (Å²) in [6.07, 6.45) is 0. The van der Waals surface area contributed by atoms with Gasteiger partial charge in [0.2, 0.25) is 0 Å². The quantitative estimate of drug-likeness (QED) is 0.389. The topological polar surface area (TPSA) is 48.3 Å². The van der Waals surface area contributed by atoms with Gasteiger partial charge in [0.05, 0.1) is 12.3 Å². The second-order valence-electron chi connectivity index (χ2n) is 6.46. The van der Waals surface area contributed by atoms with E-state index < -0.39 is 0 Å². The van der Waals surface area contributed by atoms with Gasteiger partial charge in [0.15, 0.2) is 0 Å². The summed E-state index contributed by atoms with van der Waals surface area (Å²) >= 11 is 2.82. The minimum absolute atomic E-state index is 0.132. The molecule has 4 nitrogen and oxygen atoms in total. The largest absolute Gasteiger partial charge is 0.462 e. The van der Waals surface area contributed by atoms with E-state index in [1.54, 1.807) is 23.6 Å². The van der Waals surface area contributed by atoms with Crippen molar-refractivity contribution >= 4 is 39.3 Å². The lowest BCUT2D eigenvalue weighted by Gasteiger charge is -2.08. The Morgan fingerprint density at radius 1 is 1.07 bits per heavy atom. The highest BCUT2D eigenvalue weighted by Crippen LogP contribution is 2.42. The third-order valence-corrected chi connectivity index (χ3v) is 6.80. The number of nitrogens with zero attached hydrogens (tertiary/aromatic N) is 1. The van der Waals surface area contributed by atoms with Crippen molar-refractivity contribution in [3.05, 3.63) is 87.5 Å². The number of aromatic nitrogens is 1. The van der Waals surface area contributed by atoms with Crippen molar-refractivity contribution in [2.75, 3.05) is 6.61 Å². The molecule has 2 aromatic carbocycles. The van der Waals surface area contributed by atoms with Crippen molar-refractivity contribution in [1.82, 2.24) is 4.57 Å². The summed E-state index contributed by atoms with van der Waals surface area (Å²) in [7, 11) is 0. The van der Waals surface area contributed by atoms with Gasteiger partial charge in [0.25, 0.3) is 5.56 Å². The summed E-state index contributed by atoms with van der Waals surface area (Å²) in [5.41, 5.74) is 1.78. The van der Waals surface area contributed by atoms with Gasteiger partial charge in [-0.25, -0.2) is 4.79 Å². The van der Waals surface area contributed by atoms with Crippen LogP contribution in [0.3, 0.4) is 0 Å². The SMILES string of the molecule is CCOC(=O)c1sc2c(ccc(=O)n2-c2ccccc2)c1Sc1cccc(C)c1. The number of thiophene rings is 1. The molecule has 0 saturated carbocycles. The fraction of sp³-hybridized carbons (Fsp3) is 0.130. The van der Waals surface area contributed by atoms with E-state index in [-0.39, 0.29) is 11.5 Å². The van der Waals surface area contributed by atoms with Crippen LogP contribution in [0, 0.1) is 6.92 Å². The maximum Gasteiger partial charge on any atom is 0.349 e. The van der Waals surface area contributed by atoms with E-state index in [9.17, 15) is 9.59 Å².